The predicted molar refractivity (Wildman–Crippen MR) is 102 cm³/mol. The molecule has 4 rings (SSSR count). The molecule has 4 nitrogen and oxygen atoms in total. The summed E-state index contributed by atoms with van der Waals surface area (Å²) < 4.78 is 1.96. The minimum absolute atomic E-state index is 0.669. The zero-order chi connectivity index (χ0) is 17.8. The number of aliphatic hydroxyl groups excluding tert-OH is 1. The number of pyridine rings is 1. The van der Waals surface area contributed by atoms with Crippen molar-refractivity contribution in [3.8, 4) is 11.3 Å². The van der Waals surface area contributed by atoms with E-state index in [4.69, 9.17) is 0 Å². The van der Waals surface area contributed by atoms with E-state index >= 15 is 0 Å². The van der Waals surface area contributed by atoms with Crippen molar-refractivity contribution in [2.75, 3.05) is 0 Å². The van der Waals surface area contributed by atoms with Gasteiger partial charge in [0.15, 0.2) is 0 Å². The standard InChI is InChI=1S/C22H19N3O/c26-22(19-11-12-20(24-13-19)18-9-5-2-6-10-18)21-14-23-16-25(21)15-17-7-3-1-4-8-17/h1-14,16,22,26H,15H2/t22-/m1/s1. The van der Waals surface area contributed by atoms with Crippen molar-refractivity contribution in [3.63, 3.8) is 0 Å². The summed E-state index contributed by atoms with van der Waals surface area (Å²) in [5.41, 5.74) is 4.61. The molecule has 0 amide bonds. The summed E-state index contributed by atoms with van der Waals surface area (Å²) in [6, 6.07) is 24.0. The Morgan fingerprint density at radius 2 is 1.58 bits per heavy atom. The van der Waals surface area contributed by atoms with Gasteiger partial charge in [-0.05, 0) is 11.6 Å². The monoisotopic (exact) mass is 341 g/mol. The third-order valence-electron chi connectivity index (χ3n) is 4.39. The van der Waals surface area contributed by atoms with E-state index in [0.29, 0.717) is 6.54 Å². The second kappa shape index (κ2) is 7.33. The van der Waals surface area contributed by atoms with Gasteiger partial charge in [0, 0.05) is 23.9 Å². The first-order valence-electron chi connectivity index (χ1n) is 8.54. The number of aliphatic hydroxyl groups is 1. The highest BCUT2D eigenvalue weighted by atomic mass is 16.3. The summed E-state index contributed by atoms with van der Waals surface area (Å²) >= 11 is 0. The van der Waals surface area contributed by atoms with Crippen LogP contribution >= 0.6 is 0 Å². The average molecular weight is 341 g/mol. The van der Waals surface area contributed by atoms with E-state index in [1.54, 1.807) is 18.7 Å². The van der Waals surface area contributed by atoms with Crippen LogP contribution in [-0.2, 0) is 6.54 Å². The third kappa shape index (κ3) is 3.41. The van der Waals surface area contributed by atoms with E-state index < -0.39 is 6.10 Å². The van der Waals surface area contributed by atoms with Gasteiger partial charge in [-0.3, -0.25) is 4.98 Å². The number of nitrogens with zero attached hydrogens (tertiary/aromatic N) is 3. The highest BCUT2D eigenvalue weighted by molar-refractivity contribution is 5.58. The van der Waals surface area contributed by atoms with Crippen LogP contribution in [0.5, 0.6) is 0 Å². The van der Waals surface area contributed by atoms with Crippen molar-refractivity contribution in [1.29, 1.82) is 0 Å². The summed E-state index contributed by atoms with van der Waals surface area (Å²) in [5.74, 6) is 0. The summed E-state index contributed by atoms with van der Waals surface area (Å²) in [5, 5.41) is 10.8. The van der Waals surface area contributed by atoms with Gasteiger partial charge in [-0.15, -0.1) is 0 Å². The van der Waals surface area contributed by atoms with Gasteiger partial charge in [0.25, 0.3) is 0 Å². The number of hydrogen-bond donors (Lipinski definition) is 1. The molecule has 0 aliphatic heterocycles. The molecule has 2 aromatic heterocycles. The maximum Gasteiger partial charge on any atom is 0.122 e. The van der Waals surface area contributed by atoms with E-state index in [1.807, 2.05) is 65.2 Å². The van der Waals surface area contributed by atoms with Crippen LogP contribution in [0.2, 0.25) is 0 Å². The van der Waals surface area contributed by atoms with Crippen LogP contribution in [0.25, 0.3) is 11.3 Å². The van der Waals surface area contributed by atoms with Gasteiger partial charge >= 0.3 is 0 Å². The van der Waals surface area contributed by atoms with Gasteiger partial charge in [0.05, 0.1) is 23.9 Å². The van der Waals surface area contributed by atoms with Crippen LogP contribution in [0.1, 0.15) is 22.9 Å². The minimum Gasteiger partial charge on any atom is -0.382 e. The van der Waals surface area contributed by atoms with Gasteiger partial charge in [-0.25, -0.2) is 4.98 Å². The molecule has 0 fully saturated rings. The van der Waals surface area contributed by atoms with Crippen LogP contribution in [0.3, 0.4) is 0 Å². The maximum absolute atomic E-state index is 10.8. The highest BCUT2D eigenvalue weighted by Crippen LogP contribution is 2.24. The Hall–Kier alpha value is -3.24. The van der Waals surface area contributed by atoms with Crippen LogP contribution in [0.4, 0.5) is 0 Å². The number of benzene rings is 2. The SMILES string of the molecule is O[C@H](c1ccc(-c2ccccc2)nc1)c1cncn1Cc1ccccc1. The van der Waals surface area contributed by atoms with Gasteiger partial charge in [0.1, 0.15) is 6.10 Å². The van der Waals surface area contributed by atoms with Crippen molar-refractivity contribution in [1.82, 2.24) is 14.5 Å². The molecule has 0 saturated carbocycles. The Morgan fingerprint density at radius 1 is 0.846 bits per heavy atom. The Morgan fingerprint density at radius 3 is 2.27 bits per heavy atom. The second-order valence-electron chi connectivity index (χ2n) is 6.18. The fraction of sp³-hybridized carbons (Fsp3) is 0.0909. The van der Waals surface area contributed by atoms with E-state index in [2.05, 4.69) is 22.1 Å². The lowest BCUT2D eigenvalue weighted by Crippen LogP contribution is -2.09. The highest BCUT2D eigenvalue weighted by Gasteiger charge is 2.16. The summed E-state index contributed by atoms with van der Waals surface area (Å²) in [7, 11) is 0. The molecule has 2 aromatic carbocycles. The van der Waals surface area contributed by atoms with Crippen LogP contribution in [0, 0.1) is 0 Å². The summed E-state index contributed by atoms with van der Waals surface area (Å²) in [6.07, 6.45) is 4.42. The quantitative estimate of drug-likeness (QED) is 0.595. The van der Waals surface area contributed by atoms with Gasteiger partial charge in [-0.1, -0.05) is 66.7 Å². The first kappa shape index (κ1) is 16.2. The molecule has 0 aliphatic rings. The molecule has 0 spiro atoms. The number of rotatable bonds is 5. The lowest BCUT2D eigenvalue weighted by Gasteiger charge is -2.14. The van der Waals surface area contributed by atoms with Gasteiger partial charge < -0.3 is 9.67 Å². The van der Waals surface area contributed by atoms with Crippen LogP contribution < -0.4 is 0 Å². The maximum atomic E-state index is 10.8. The smallest absolute Gasteiger partial charge is 0.122 e. The lowest BCUT2D eigenvalue weighted by atomic mass is 10.1. The molecule has 0 aliphatic carbocycles. The summed E-state index contributed by atoms with van der Waals surface area (Å²) in [4.78, 5) is 8.72. The zero-order valence-corrected chi connectivity index (χ0v) is 14.2. The minimum atomic E-state index is -0.765. The van der Waals surface area contributed by atoms with Crippen molar-refractivity contribution < 1.29 is 5.11 Å². The largest absolute Gasteiger partial charge is 0.382 e. The Balaban J connectivity index is 1.57. The fourth-order valence-electron chi connectivity index (χ4n) is 2.99. The third-order valence-corrected chi connectivity index (χ3v) is 4.39. The van der Waals surface area contributed by atoms with Crippen molar-refractivity contribution in [2.24, 2.45) is 0 Å². The molecule has 4 aromatic rings. The Kier molecular flexibility index (Phi) is 4.58. The van der Waals surface area contributed by atoms with Crippen LogP contribution in [0.15, 0.2) is 91.5 Å². The predicted octanol–water partition coefficient (Wildman–Crippen LogP) is 4.08. The van der Waals surface area contributed by atoms with Gasteiger partial charge in [-0.2, -0.15) is 0 Å². The lowest BCUT2D eigenvalue weighted by molar-refractivity contribution is 0.210. The molecule has 0 radical (unpaired) electrons. The first-order valence-corrected chi connectivity index (χ1v) is 8.54. The molecule has 0 bridgehead atoms. The number of hydrogen-bond acceptors (Lipinski definition) is 3. The van der Waals surface area contributed by atoms with Crippen molar-refractivity contribution in [2.45, 2.75) is 12.6 Å². The van der Waals surface area contributed by atoms with E-state index in [-0.39, 0.29) is 0 Å². The zero-order valence-electron chi connectivity index (χ0n) is 14.2. The molecule has 1 N–H and O–H groups in total. The first-order chi connectivity index (χ1) is 12.8. The molecule has 0 saturated heterocycles. The second-order valence-corrected chi connectivity index (χ2v) is 6.18. The Labute approximate surface area is 152 Å². The van der Waals surface area contributed by atoms with Gasteiger partial charge in [0.2, 0.25) is 0 Å². The van der Waals surface area contributed by atoms with Crippen molar-refractivity contribution in [3.05, 3.63) is 108 Å². The van der Waals surface area contributed by atoms with E-state index in [9.17, 15) is 5.11 Å². The Bertz CT molecular complexity index is 963. The van der Waals surface area contributed by atoms with E-state index in [1.165, 1.54) is 0 Å². The molecular formula is C22H19N3O. The normalized spacial score (nSPS) is 12.0. The number of aromatic nitrogens is 3. The molecule has 26 heavy (non-hydrogen) atoms. The fourth-order valence-corrected chi connectivity index (χ4v) is 2.99. The average Bonchev–Trinajstić information content (AvgIpc) is 3.17. The number of imidazole rings is 1. The van der Waals surface area contributed by atoms with E-state index in [0.717, 1.165) is 28.1 Å². The molecule has 1 atom stereocenters. The molecule has 0 unspecified atom stereocenters. The molecule has 4 heteroatoms. The molecular weight excluding hydrogens is 322 g/mol. The van der Waals surface area contributed by atoms with Crippen molar-refractivity contribution >= 4 is 0 Å². The molecule has 128 valence electrons. The van der Waals surface area contributed by atoms with Crippen LogP contribution in [-0.4, -0.2) is 19.6 Å². The summed E-state index contributed by atoms with van der Waals surface area (Å²) in [6.45, 7) is 0.669. The topological polar surface area (TPSA) is 50.9 Å². The molecule has 2 heterocycles.